The van der Waals surface area contributed by atoms with Crippen LogP contribution in [-0.2, 0) is 14.4 Å². The van der Waals surface area contributed by atoms with Crippen LogP contribution in [0.3, 0.4) is 0 Å². The highest BCUT2D eigenvalue weighted by molar-refractivity contribution is 6.39. The van der Waals surface area contributed by atoms with Crippen LogP contribution >= 0.6 is 0 Å². The van der Waals surface area contributed by atoms with Gasteiger partial charge in [0.1, 0.15) is 0 Å². The molecule has 3 amide bonds. The lowest BCUT2D eigenvalue weighted by molar-refractivity contribution is -0.387. The molecule has 0 aromatic heterocycles. The molecule has 0 radical (unpaired) electrons. The number of nitro benzene ring substituents is 1. The summed E-state index contributed by atoms with van der Waals surface area (Å²) < 4.78 is 13.2. The zero-order valence-corrected chi connectivity index (χ0v) is 13.3. The summed E-state index contributed by atoms with van der Waals surface area (Å²) in [6, 6.07) is 2.78. The van der Waals surface area contributed by atoms with Gasteiger partial charge in [0.25, 0.3) is 0 Å². The Morgan fingerprint density at radius 1 is 1.32 bits per heavy atom. The fourth-order valence-corrected chi connectivity index (χ4v) is 2.41. The van der Waals surface area contributed by atoms with E-state index in [0.717, 1.165) is 24.6 Å². The van der Waals surface area contributed by atoms with E-state index in [4.69, 9.17) is 0 Å². The highest BCUT2D eigenvalue weighted by atomic mass is 19.1. The average Bonchev–Trinajstić information content (AvgIpc) is 2.98. The van der Waals surface area contributed by atoms with Crippen LogP contribution in [-0.4, -0.2) is 47.2 Å². The second-order valence-corrected chi connectivity index (χ2v) is 5.47. The van der Waals surface area contributed by atoms with Crippen molar-refractivity contribution >= 4 is 29.1 Å². The summed E-state index contributed by atoms with van der Waals surface area (Å²) in [6.45, 7) is 1.42. The number of hydrogen-bond donors (Lipinski definition) is 2. The summed E-state index contributed by atoms with van der Waals surface area (Å²) in [6.07, 6.45) is 1.88. The average molecular weight is 352 g/mol. The predicted octanol–water partition coefficient (Wildman–Crippen LogP) is 0.801. The summed E-state index contributed by atoms with van der Waals surface area (Å²) in [7, 11) is 0. The van der Waals surface area contributed by atoms with Gasteiger partial charge in [0, 0.05) is 37.8 Å². The smallest absolute Gasteiger partial charge is 0.313 e. The summed E-state index contributed by atoms with van der Waals surface area (Å²) in [5.74, 6) is -2.89. The first-order chi connectivity index (χ1) is 11.9. The molecule has 2 N–H and O–H groups in total. The maximum absolute atomic E-state index is 13.2. The van der Waals surface area contributed by atoms with E-state index in [-0.39, 0.29) is 18.1 Å². The van der Waals surface area contributed by atoms with Gasteiger partial charge >= 0.3 is 17.5 Å². The Balaban J connectivity index is 1.78. The third-order valence-corrected chi connectivity index (χ3v) is 3.67. The van der Waals surface area contributed by atoms with Crippen LogP contribution in [0.15, 0.2) is 18.2 Å². The number of halogens is 1. The minimum absolute atomic E-state index is 0.0593. The zero-order valence-electron chi connectivity index (χ0n) is 13.3. The van der Waals surface area contributed by atoms with Crippen molar-refractivity contribution in [3.8, 4) is 0 Å². The fourth-order valence-electron chi connectivity index (χ4n) is 2.41. The normalized spacial score (nSPS) is 13.6. The summed E-state index contributed by atoms with van der Waals surface area (Å²) in [5.41, 5.74) is -0.857. The third kappa shape index (κ3) is 4.96. The van der Waals surface area contributed by atoms with Gasteiger partial charge in [-0.3, -0.25) is 24.5 Å². The van der Waals surface area contributed by atoms with E-state index in [1.807, 2.05) is 0 Å². The van der Waals surface area contributed by atoms with Crippen LogP contribution in [0.1, 0.15) is 19.3 Å². The molecule has 1 aliphatic rings. The molecule has 0 spiro atoms. The molecule has 1 heterocycles. The van der Waals surface area contributed by atoms with Gasteiger partial charge in [-0.2, -0.15) is 4.39 Å². The van der Waals surface area contributed by atoms with E-state index in [1.54, 1.807) is 4.90 Å². The van der Waals surface area contributed by atoms with Crippen molar-refractivity contribution in [3.05, 3.63) is 34.1 Å². The van der Waals surface area contributed by atoms with Gasteiger partial charge in [0.05, 0.1) is 4.92 Å². The summed E-state index contributed by atoms with van der Waals surface area (Å²) in [4.78, 5) is 46.2. The molecule has 1 aromatic rings. The molecule has 1 fully saturated rings. The number of hydrogen-bond acceptors (Lipinski definition) is 5. The van der Waals surface area contributed by atoms with Gasteiger partial charge in [0.2, 0.25) is 11.7 Å². The van der Waals surface area contributed by atoms with E-state index in [2.05, 4.69) is 10.6 Å². The Labute approximate surface area is 142 Å². The second kappa shape index (κ2) is 8.18. The Morgan fingerprint density at radius 3 is 2.72 bits per heavy atom. The highest BCUT2D eigenvalue weighted by Gasteiger charge is 2.20. The first kappa shape index (κ1) is 18.3. The number of benzene rings is 1. The molecule has 0 saturated carbocycles. The van der Waals surface area contributed by atoms with Crippen LogP contribution in [0.5, 0.6) is 0 Å². The van der Waals surface area contributed by atoms with Crippen molar-refractivity contribution in [3.63, 3.8) is 0 Å². The van der Waals surface area contributed by atoms with Crippen molar-refractivity contribution in [1.82, 2.24) is 10.2 Å². The minimum atomic E-state index is -1.04. The maximum atomic E-state index is 13.2. The summed E-state index contributed by atoms with van der Waals surface area (Å²) in [5, 5.41) is 15.2. The largest absolute Gasteiger partial charge is 0.348 e. The molecule has 9 nitrogen and oxygen atoms in total. The van der Waals surface area contributed by atoms with Gasteiger partial charge < -0.3 is 15.5 Å². The number of nitro groups is 1. The molecule has 0 bridgehead atoms. The molecule has 1 saturated heterocycles. The van der Waals surface area contributed by atoms with Crippen LogP contribution in [0.4, 0.5) is 15.8 Å². The van der Waals surface area contributed by atoms with Crippen LogP contribution < -0.4 is 10.6 Å². The van der Waals surface area contributed by atoms with Gasteiger partial charge in [-0.1, -0.05) is 0 Å². The van der Waals surface area contributed by atoms with E-state index in [0.29, 0.717) is 25.9 Å². The van der Waals surface area contributed by atoms with Crippen LogP contribution in [0.25, 0.3) is 0 Å². The Hall–Kier alpha value is -3.04. The number of likely N-dealkylation sites (tertiary alicyclic amines) is 1. The molecular formula is C15H17FN4O5. The Bertz CT molecular complexity index is 709. The molecule has 0 unspecified atom stereocenters. The van der Waals surface area contributed by atoms with Crippen molar-refractivity contribution < 1.29 is 23.7 Å². The Morgan fingerprint density at radius 2 is 2.08 bits per heavy atom. The summed E-state index contributed by atoms with van der Waals surface area (Å²) >= 11 is 0. The monoisotopic (exact) mass is 352 g/mol. The molecule has 134 valence electrons. The lowest BCUT2D eigenvalue weighted by atomic mass is 10.2. The Kier molecular flexibility index (Phi) is 5.98. The highest BCUT2D eigenvalue weighted by Crippen LogP contribution is 2.21. The number of nitrogens with one attached hydrogen (secondary N) is 2. The lowest BCUT2D eigenvalue weighted by Crippen LogP contribution is -2.37. The SMILES string of the molecule is O=C(NCCCN1CCCC1=O)C(=O)Nc1ccc(F)c([N+](=O)[O-])c1. The molecule has 0 aliphatic carbocycles. The number of rotatable bonds is 6. The lowest BCUT2D eigenvalue weighted by Gasteiger charge is -2.15. The van der Waals surface area contributed by atoms with Crippen molar-refractivity contribution in [2.75, 3.05) is 25.0 Å². The molecule has 25 heavy (non-hydrogen) atoms. The second-order valence-electron chi connectivity index (χ2n) is 5.47. The fraction of sp³-hybridized carbons (Fsp3) is 0.400. The molecule has 1 aliphatic heterocycles. The predicted molar refractivity (Wildman–Crippen MR) is 85.1 cm³/mol. The van der Waals surface area contributed by atoms with E-state index >= 15 is 0 Å². The third-order valence-electron chi connectivity index (χ3n) is 3.67. The minimum Gasteiger partial charge on any atom is -0.348 e. The first-order valence-corrected chi connectivity index (χ1v) is 7.69. The van der Waals surface area contributed by atoms with Crippen molar-refractivity contribution in [2.45, 2.75) is 19.3 Å². The molecule has 2 rings (SSSR count). The van der Waals surface area contributed by atoms with Gasteiger partial charge in [-0.05, 0) is 25.0 Å². The number of nitrogens with zero attached hydrogens (tertiary/aromatic N) is 2. The number of amides is 3. The molecular weight excluding hydrogens is 335 g/mol. The molecule has 10 heteroatoms. The number of carbonyl (C=O) groups is 3. The van der Waals surface area contributed by atoms with E-state index in [9.17, 15) is 28.9 Å². The van der Waals surface area contributed by atoms with E-state index < -0.39 is 28.2 Å². The van der Waals surface area contributed by atoms with Crippen molar-refractivity contribution in [1.29, 1.82) is 0 Å². The van der Waals surface area contributed by atoms with E-state index in [1.165, 1.54) is 0 Å². The van der Waals surface area contributed by atoms with Crippen LogP contribution in [0.2, 0.25) is 0 Å². The molecule has 1 aromatic carbocycles. The van der Waals surface area contributed by atoms with Gasteiger partial charge in [-0.15, -0.1) is 0 Å². The van der Waals surface area contributed by atoms with Gasteiger partial charge in [0.15, 0.2) is 0 Å². The van der Waals surface area contributed by atoms with Crippen LogP contribution in [0, 0.1) is 15.9 Å². The number of carbonyl (C=O) groups excluding carboxylic acids is 3. The molecule has 0 atom stereocenters. The quantitative estimate of drug-likeness (QED) is 0.339. The van der Waals surface area contributed by atoms with Crippen molar-refractivity contribution in [2.24, 2.45) is 0 Å². The first-order valence-electron chi connectivity index (χ1n) is 7.69. The number of anilines is 1. The maximum Gasteiger partial charge on any atom is 0.313 e. The standard InChI is InChI=1S/C15H17FN4O5/c16-11-5-4-10(9-12(11)20(24)25)18-15(23)14(22)17-6-2-8-19-7-1-3-13(19)21/h4-5,9H,1-3,6-8H2,(H,17,22)(H,18,23). The topological polar surface area (TPSA) is 122 Å². The van der Waals surface area contributed by atoms with Gasteiger partial charge in [-0.25, -0.2) is 0 Å². The zero-order chi connectivity index (χ0) is 18.4.